The molecule has 0 saturated heterocycles. The van der Waals surface area contributed by atoms with Crippen molar-refractivity contribution in [2.24, 2.45) is 5.92 Å². The fourth-order valence-corrected chi connectivity index (χ4v) is 3.28. The van der Waals surface area contributed by atoms with E-state index in [-0.39, 0.29) is 23.4 Å². The van der Waals surface area contributed by atoms with Crippen LogP contribution >= 0.6 is 11.6 Å². The van der Waals surface area contributed by atoms with E-state index < -0.39 is 0 Å². The minimum atomic E-state index is -0.330. The van der Waals surface area contributed by atoms with Crippen molar-refractivity contribution in [3.05, 3.63) is 64.3 Å². The molecule has 1 heterocycles. The Kier molecular flexibility index (Phi) is 5.75. The molecule has 0 radical (unpaired) electrons. The van der Waals surface area contributed by atoms with Gasteiger partial charge < -0.3 is 10.1 Å². The predicted molar refractivity (Wildman–Crippen MR) is 111 cm³/mol. The van der Waals surface area contributed by atoms with Gasteiger partial charge in [-0.25, -0.2) is 0 Å². The Labute approximate surface area is 169 Å². The predicted octanol–water partition coefficient (Wildman–Crippen LogP) is 4.51. The first kappa shape index (κ1) is 20.0. The number of rotatable bonds is 6. The SMILES string of the molecule is COc1ccc(C2=C(Nc3cc(Cl)ccc3C)C(=O)N(CC(C)C)C2=O)cc1. The molecule has 6 heteroatoms. The van der Waals surface area contributed by atoms with E-state index in [1.165, 1.54) is 4.90 Å². The van der Waals surface area contributed by atoms with Gasteiger partial charge in [0.2, 0.25) is 0 Å². The molecule has 2 aromatic carbocycles. The van der Waals surface area contributed by atoms with Crippen molar-refractivity contribution in [1.29, 1.82) is 0 Å². The molecule has 1 aliphatic heterocycles. The number of hydrogen-bond acceptors (Lipinski definition) is 4. The Morgan fingerprint density at radius 2 is 1.75 bits per heavy atom. The number of benzene rings is 2. The number of methoxy groups -OCH3 is 1. The van der Waals surface area contributed by atoms with E-state index >= 15 is 0 Å². The smallest absolute Gasteiger partial charge is 0.278 e. The van der Waals surface area contributed by atoms with Gasteiger partial charge in [-0.05, 0) is 48.2 Å². The number of hydrogen-bond donors (Lipinski definition) is 1. The zero-order valence-electron chi connectivity index (χ0n) is 16.4. The summed E-state index contributed by atoms with van der Waals surface area (Å²) in [5.74, 6) is 0.215. The van der Waals surface area contributed by atoms with Crippen LogP contribution in [0.1, 0.15) is 25.0 Å². The average Bonchev–Trinajstić information content (AvgIpc) is 2.89. The molecule has 2 amide bonds. The van der Waals surface area contributed by atoms with Crippen LogP contribution in [0, 0.1) is 12.8 Å². The van der Waals surface area contributed by atoms with Gasteiger partial charge in [-0.2, -0.15) is 0 Å². The van der Waals surface area contributed by atoms with Crippen LogP contribution in [0.25, 0.3) is 5.57 Å². The molecule has 5 nitrogen and oxygen atoms in total. The van der Waals surface area contributed by atoms with Crippen LogP contribution in [0.3, 0.4) is 0 Å². The monoisotopic (exact) mass is 398 g/mol. The molecule has 3 rings (SSSR count). The van der Waals surface area contributed by atoms with Gasteiger partial charge in [-0.1, -0.05) is 43.6 Å². The quantitative estimate of drug-likeness (QED) is 0.727. The Bertz CT molecular complexity index is 949. The topological polar surface area (TPSA) is 58.6 Å². The molecule has 28 heavy (non-hydrogen) atoms. The van der Waals surface area contributed by atoms with Crippen LogP contribution in [0.4, 0.5) is 5.69 Å². The number of amides is 2. The van der Waals surface area contributed by atoms with Crippen molar-refractivity contribution in [1.82, 2.24) is 4.90 Å². The highest BCUT2D eigenvalue weighted by molar-refractivity contribution is 6.36. The maximum atomic E-state index is 13.1. The summed E-state index contributed by atoms with van der Waals surface area (Å²) in [5, 5.41) is 3.71. The summed E-state index contributed by atoms with van der Waals surface area (Å²) in [6, 6.07) is 12.5. The van der Waals surface area contributed by atoms with E-state index in [9.17, 15) is 9.59 Å². The molecule has 0 unspecified atom stereocenters. The minimum Gasteiger partial charge on any atom is -0.497 e. The van der Waals surface area contributed by atoms with Crippen molar-refractivity contribution in [3.8, 4) is 5.75 Å². The first-order chi connectivity index (χ1) is 13.3. The lowest BCUT2D eigenvalue weighted by atomic mass is 10.0. The number of carbonyl (C=O) groups is 2. The first-order valence-corrected chi connectivity index (χ1v) is 9.47. The van der Waals surface area contributed by atoms with Crippen molar-refractivity contribution >= 4 is 34.7 Å². The summed E-state index contributed by atoms with van der Waals surface area (Å²) in [6.07, 6.45) is 0. The second-order valence-corrected chi connectivity index (χ2v) is 7.61. The van der Waals surface area contributed by atoms with Gasteiger partial charge in [0, 0.05) is 17.3 Å². The number of halogens is 1. The Hall–Kier alpha value is -2.79. The summed E-state index contributed by atoms with van der Waals surface area (Å²) in [4.78, 5) is 27.5. The fourth-order valence-electron chi connectivity index (χ4n) is 3.11. The van der Waals surface area contributed by atoms with E-state index in [1.807, 2.05) is 26.8 Å². The maximum Gasteiger partial charge on any atom is 0.278 e. The number of ether oxygens (including phenoxy) is 1. The number of aryl methyl sites for hydroxylation is 1. The number of anilines is 1. The summed E-state index contributed by atoms with van der Waals surface area (Å²) in [6.45, 7) is 6.22. The highest BCUT2D eigenvalue weighted by Gasteiger charge is 2.39. The van der Waals surface area contributed by atoms with Crippen LogP contribution in [0.5, 0.6) is 5.75 Å². The molecular weight excluding hydrogens is 376 g/mol. The molecule has 0 aromatic heterocycles. The second-order valence-electron chi connectivity index (χ2n) is 7.18. The van der Waals surface area contributed by atoms with Crippen LogP contribution in [0.2, 0.25) is 5.02 Å². The Balaban J connectivity index is 2.09. The van der Waals surface area contributed by atoms with Crippen molar-refractivity contribution < 1.29 is 14.3 Å². The average molecular weight is 399 g/mol. The minimum absolute atomic E-state index is 0.164. The maximum absolute atomic E-state index is 13.1. The van der Waals surface area contributed by atoms with Crippen LogP contribution < -0.4 is 10.1 Å². The van der Waals surface area contributed by atoms with Crippen molar-refractivity contribution in [3.63, 3.8) is 0 Å². The zero-order chi connectivity index (χ0) is 20.4. The number of imide groups is 1. The number of nitrogens with zero attached hydrogens (tertiary/aromatic N) is 1. The third-order valence-electron chi connectivity index (χ3n) is 4.55. The van der Waals surface area contributed by atoms with E-state index in [1.54, 1.807) is 43.5 Å². The first-order valence-electron chi connectivity index (χ1n) is 9.10. The number of carbonyl (C=O) groups excluding carboxylic acids is 2. The Morgan fingerprint density at radius 1 is 1.07 bits per heavy atom. The highest BCUT2D eigenvalue weighted by atomic mass is 35.5. The van der Waals surface area contributed by atoms with Gasteiger partial charge in [0.15, 0.2) is 0 Å². The summed E-state index contributed by atoms with van der Waals surface area (Å²) in [7, 11) is 1.58. The molecular formula is C22H23ClN2O3. The van der Waals surface area contributed by atoms with Crippen LogP contribution in [-0.4, -0.2) is 30.4 Å². The van der Waals surface area contributed by atoms with Crippen LogP contribution in [0.15, 0.2) is 48.2 Å². The normalized spacial score (nSPS) is 14.3. The molecule has 1 N–H and O–H groups in total. The van der Waals surface area contributed by atoms with Gasteiger partial charge in [0.1, 0.15) is 11.4 Å². The molecule has 146 valence electrons. The summed E-state index contributed by atoms with van der Waals surface area (Å²) in [5.41, 5.74) is 2.90. The zero-order valence-corrected chi connectivity index (χ0v) is 17.1. The van der Waals surface area contributed by atoms with Gasteiger partial charge in [0.05, 0.1) is 12.7 Å². The molecule has 0 saturated carbocycles. The summed E-state index contributed by atoms with van der Waals surface area (Å²) < 4.78 is 5.20. The van der Waals surface area contributed by atoms with E-state index in [2.05, 4.69) is 5.32 Å². The largest absolute Gasteiger partial charge is 0.497 e. The van der Waals surface area contributed by atoms with E-state index in [4.69, 9.17) is 16.3 Å². The number of nitrogens with one attached hydrogen (secondary N) is 1. The Morgan fingerprint density at radius 3 is 2.36 bits per heavy atom. The molecule has 0 atom stereocenters. The van der Waals surface area contributed by atoms with Gasteiger partial charge >= 0.3 is 0 Å². The fraction of sp³-hybridized carbons (Fsp3) is 0.273. The molecule has 0 bridgehead atoms. The van der Waals surface area contributed by atoms with Gasteiger partial charge in [-0.15, -0.1) is 0 Å². The van der Waals surface area contributed by atoms with Crippen molar-refractivity contribution in [2.75, 3.05) is 19.0 Å². The molecule has 2 aromatic rings. The molecule has 0 aliphatic carbocycles. The summed E-state index contributed by atoms with van der Waals surface area (Å²) >= 11 is 6.12. The lowest BCUT2D eigenvalue weighted by Crippen LogP contribution is -2.35. The lowest BCUT2D eigenvalue weighted by molar-refractivity contribution is -0.137. The highest BCUT2D eigenvalue weighted by Crippen LogP contribution is 2.33. The standard InChI is InChI=1S/C22H23ClN2O3/c1-13(2)12-25-21(26)19(15-6-9-17(28-4)10-7-15)20(22(25)27)24-18-11-16(23)8-5-14(18)3/h5-11,13,24H,12H2,1-4H3. The van der Waals surface area contributed by atoms with E-state index in [0.29, 0.717) is 34.1 Å². The van der Waals surface area contributed by atoms with Crippen LogP contribution in [-0.2, 0) is 9.59 Å². The third kappa shape index (κ3) is 3.90. The van der Waals surface area contributed by atoms with Gasteiger partial charge in [0.25, 0.3) is 11.8 Å². The van der Waals surface area contributed by atoms with Gasteiger partial charge in [-0.3, -0.25) is 14.5 Å². The molecule has 0 spiro atoms. The van der Waals surface area contributed by atoms with E-state index in [0.717, 1.165) is 5.56 Å². The second kappa shape index (κ2) is 8.07. The van der Waals surface area contributed by atoms with Crippen molar-refractivity contribution in [2.45, 2.75) is 20.8 Å². The molecule has 1 aliphatic rings. The molecule has 0 fully saturated rings. The lowest BCUT2D eigenvalue weighted by Gasteiger charge is -2.17. The third-order valence-corrected chi connectivity index (χ3v) is 4.79.